The summed E-state index contributed by atoms with van der Waals surface area (Å²) in [5.41, 5.74) is 1.13. The van der Waals surface area contributed by atoms with E-state index >= 15 is 0 Å². The molecule has 0 spiro atoms. The Kier molecular flexibility index (Phi) is 3.88. The molecule has 0 aliphatic heterocycles. The Balaban J connectivity index is 1.72. The van der Waals surface area contributed by atoms with Crippen molar-refractivity contribution in [3.8, 4) is 11.5 Å². The van der Waals surface area contributed by atoms with Crippen LogP contribution in [0.2, 0.25) is 0 Å². The van der Waals surface area contributed by atoms with Gasteiger partial charge in [-0.05, 0) is 38.1 Å². The molecule has 3 rings (SSSR count). The number of carbonyl (C=O) groups excluding carboxylic acids is 1. The lowest BCUT2D eigenvalue weighted by molar-refractivity contribution is 0.0235. The van der Waals surface area contributed by atoms with Gasteiger partial charge >= 0.3 is 5.97 Å². The lowest BCUT2D eigenvalue weighted by atomic mass is 10.2. The molecule has 1 atom stereocenters. The molecule has 0 amide bonds. The highest BCUT2D eigenvalue weighted by Gasteiger charge is 2.22. The molecule has 0 unspecified atom stereocenters. The summed E-state index contributed by atoms with van der Waals surface area (Å²) in [6.45, 7) is 3.28. The van der Waals surface area contributed by atoms with Crippen LogP contribution in [0.15, 0.2) is 39.3 Å². The summed E-state index contributed by atoms with van der Waals surface area (Å²) < 4.78 is 28.3. The highest BCUT2D eigenvalue weighted by molar-refractivity contribution is 5.86. The third kappa shape index (κ3) is 3.25. The van der Waals surface area contributed by atoms with E-state index in [1.165, 1.54) is 30.3 Å². The molecule has 0 aliphatic carbocycles. The predicted octanol–water partition coefficient (Wildman–Crippen LogP) is 3.09. The second kappa shape index (κ2) is 5.99. The van der Waals surface area contributed by atoms with Crippen LogP contribution in [0.3, 0.4) is 0 Å². The summed E-state index contributed by atoms with van der Waals surface area (Å²) >= 11 is 0. The average Bonchev–Trinajstić information content (AvgIpc) is 3.17. The molecule has 1 aromatic carbocycles. The Labute approximate surface area is 130 Å². The number of benzene rings is 1. The molecule has 0 saturated carbocycles. The number of ether oxygens (including phenoxy) is 1. The van der Waals surface area contributed by atoms with Crippen LogP contribution >= 0.6 is 0 Å². The molecule has 2 aromatic heterocycles. The monoisotopic (exact) mass is 317 g/mol. The molecule has 2 heterocycles. The fourth-order valence-electron chi connectivity index (χ4n) is 1.84. The smallest absolute Gasteiger partial charge is 0.377 e. The highest BCUT2D eigenvalue weighted by atomic mass is 19.1. The molecule has 0 radical (unpaired) electrons. The summed E-state index contributed by atoms with van der Waals surface area (Å²) in [4.78, 5) is 11.9. The van der Waals surface area contributed by atoms with Gasteiger partial charge in [0.15, 0.2) is 6.10 Å². The van der Waals surface area contributed by atoms with Gasteiger partial charge in [0.25, 0.3) is 5.89 Å². The summed E-state index contributed by atoms with van der Waals surface area (Å²) in [5, 5.41) is 11.3. The Morgan fingerprint density at radius 3 is 2.65 bits per heavy atom. The molecule has 0 saturated heterocycles. The van der Waals surface area contributed by atoms with Crippen molar-refractivity contribution in [3.05, 3.63) is 53.5 Å². The van der Waals surface area contributed by atoms with Crippen LogP contribution in [0.1, 0.15) is 35.2 Å². The molecule has 8 heteroatoms. The van der Waals surface area contributed by atoms with Crippen molar-refractivity contribution in [1.29, 1.82) is 0 Å². The first-order chi connectivity index (χ1) is 11.0. The van der Waals surface area contributed by atoms with E-state index in [1.807, 2.05) is 0 Å². The van der Waals surface area contributed by atoms with Crippen LogP contribution in [-0.2, 0) is 4.74 Å². The zero-order valence-corrected chi connectivity index (χ0v) is 12.3. The van der Waals surface area contributed by atoms with Crippen LogP contribution in [0.25, 0.3) is 11.5 Å². The molecular weight excluding hydrogens is 305 g/mol. The molecule has 23 heavy (non-hydrogen) atoms. The number of halogens is 1. The maximum Gasteiger partial charge on any atom is 0.377 e. The second-order valence-corrected chi connectivity index (χ2v) is 4.83. The van der Waals surface area contributed by atoms with Crippen molar-refractivity contribution < 1.29 is 22.9 Å². The molecular formula is C15H12FN3O4. The Hall–Kier alpha value is -3.03. The number of esters is 1. The number of hydrogen-bond donors (Lipinski definition) is 0. The molecule has 0 aliphatic rings. The third-order valence-corrected chi connectivity index (χ3v) is 2.99. The van der Waals surface area contributed by atoms with Crippen molar-refractivity contribution in [2.24, 2.45) is 0 Å². The summed E-state index contributed by atoms with van der Waals surface area (Å²) in [7, 11) is 0. The highest BCUT2D eigenvalue weighted by Crippen LogP contribution is 2.23. The van der Waals surface area contributed by atoms with Crippen molar-refractivity contribution >= 4 is 5.97 Å². The van der Waals surface area contributed by atoms with Gasteiger partial charge in [0.05, 0.1) is 5.69 Å². The van der Waals surface area contributed by atoms with Crippen molar-refractivity contribution in [2.75, 3.05) is 0 Å². The summed E-state index contributed by atoms with van der Waals surface area (Å²) in [6.07, 6.45) is -0.769. The Morgan fingerprint density at radius 2 is 2.00 bits per heavy atom. The lowest BCUT2D eigenvalue weighted by Crippen LogP contribution is -2.08. The predicted molar refractivity (Wildman–Crippen MR) is 74.8 cm³/mol. The van der Waals surface area contributed by atoms with Crippen LogP contribution < -0.4 is 0 Å². The normalized spacial score (nSPS) is 12.1. The van der Waals surface area contributed by atoms with E-state index in [4.69, 9.17) is 13.7 Å². The minimum absolute atomic E-state index is 0.00683. The SMILES string of the molecule is Cc1cc(C(=O)O[C@H](C)c2nnc(-c3ccc(F)cc3)o2)on1. The van der Waals surface area contributed by atoms with E-state index in [2.05, 4.69) is 15.4 Å². The van der Waals surface area contributed by atoms with Gasteiger partial charge in [-0.2, -0.15) is 0 Å². The molecule has 0 N–H and O–H groups in total. The van der Waals surface area contributed by atoms with Crippen LogP contribution in [0, 0.1) is 12.7 Å². The minimum Gasteiger partial charge on any atom is -0.447 e. The van der Waals surface area contributed by atoms with Gasteiger partial charge in [0, 0.05) is 11.6 Å². The van der Waals surface area contributed by atoms with Crippen LogP contribution in [0.4, 0.5) is 4.39 Å². The number of hydrogen-bond acceptors (Lipinski definition) is 7. The van der Waals surface area contributed by atoms with Gasteiger partial charge in [0.1, 0.15) is 5.82 Å². The number of aryl methyl sites for hydroxylation is 1. The molecule has 118 valence electrons. The van der Waals surface area contributed by atoms with E-state index in [-0.39, 0.29) is 23.4 Å². The quantitative estimate of drug-likeness (QED) is 0.683. The minimum atomic E-state index is -0.769. The zero-order chi connectivity index (χ0) is 16.4. The maximum atomic E-state index is 12.9. The zero-order valence-electron chi connectivity index (χ0n) is 12.3. The van der Waals surface area contributed by atoms with Gasteiger partial charge < -0.3 is 13.7 Å². The average molecular weight is 317 g/mol. The second-order valence-electron chi connectivity index (χ2n) is 4.83. The van der Waals surface area contributed by atoms with E-state index in [9.17, 15) is 9.18 Å². The maximum absolute atomic E-state index is 12.9. The number of carbonyl (C=O) groups is 1. The topological polar surface area (TPSA) is 91.2 Å². The first kappa shape index (κ1) is 14.9. The third-order valence-electron chi connectivity index (χ3n) is 2.99. The molecule has 7 nitrogen and oxygen atoms in total. The fraction of sp³-hybridized carbons (Fsp3) is 0.200. The van der Waals surface area contributed by atoms with Crippen LogP contribution in [0.5, 0.6) is 0 Å². The lowest BCUT2D eigenvalue weighted by Gasteiger charge is -2.06. The number of aromatic nitrogens is 3. The number of rotatable bonds is 4. The van der Waals surface area contributed by atoms with Gasteiger partial charge in [-0.15, -0.1) is 10.2 Å². The van der Waals surface area contributed by atoms with E-state index < -0.39 is 12.1 Å². The first-order valence-corrected chi connectivity index (χ1v) is 6.76. The Morgan fingerprint density at radius 1 is 1.26 bits per heavy atom. The van der Waals surface area contributed by atoms with Crippen molar-refractivity contribution in [1.82, 2.24) is 15.4 Å². The molecule has 0 fully saturated rings. The van der Waals surface area contributed by atoms with Crippen molar-refractivity contribution in [3.63, 3.8) is 0 Å². The Bertz CT molecular complexity index is 825. The first-order valence-electron chi connectivity index (χ1n) is 6.76. The van der Waals surface area contributed by atoms with E-state index in [0.717, 1.165) is 0 Å². The van der Waals surface area contributed by atoms with Crippen molar-refractivity contribution in [2.45, 2.75) is 20.0 Å². The largest absolute Gasteiger partial charge is 0.447 e. The van der Waals surface area contributed by atoms with E-state index in [1.54, 1.807) is 13.8 Å². The standard InChI is InChI=1S/C15H12FN3O4/c1-8-7-12(23-19-8)15(20)21-9(2)13-17-18-14(22-13)10-3-5-11(16)6-4-10/h3-7,9H,1-2H3/t9-/m1/s1. The molecule has 0 bridgehead atoms. The summed E-state index contributed by atoms with van der Waals surface area (Å²) in [6, 6.07) is 7.07. The molecule has 3 aromatic rings. The van der Waals surface area contributed by atoms with Gasteiger partial charge in [-0.25, -0.2) is 9.18 Å². The summed E-state index contributed by atoms with van der Waals surface area (Å²) in [5.74, 6) is -0.724. The van der Waals surface area contributed by atoms with Crippen LogP contribution in [-0.4, -0.2) is 21.3 Å². The van der Waals surface area contributed by atoms with E-state index in [0.29, 0.717) is 11.3 Å². The van der Waals surface area contributed by atoms with Gasteiger partial charge in [-0.1, -0.05) is 5.16 Å². The fourth-order valence-corrected chi connectivity index (χ4v) is 1.84. The van der Waals surface area contributed by atoms with Gasteiger partial charge in [-0.3, -0.25) is 0 Å². The number of nitrogens with zero attached hydrogens (tertiary/aromatic N) is 3. The van der Waals surface area contributed by atoms with Gasteiger partial charge in [0.2, 0.25) is 11.7 Å².